The van der Waals surface area contributed by atoms with Crippen LogP contribution in [0.25, 0.3) is 0 Å². The van der Waals surface area contributed by atoms with Gasteiger partial charge in [0.15, 0.2) is 0 Å². The van der Waals surface area contributed by atoms with Gasteiger partial charge in [-0.2, -0.15) is 13.2 Å². The normalized spacial score (nSPS) is 20.7. The maximum atomic E-state index is 12.5. The maximum absolute atomic E-state index is 12.5. The van der Waals surface area contributed by atoms with Gasteiger partial charge >= 0.3 is 6.18 Å². The highest BCUT2D eigenvalue weighted by atomic mass is 127. The molecule has 2 atom stereocenters. The van der Waals surface area contributed by atoms with Crippen LogP contribution < -0.4 is 0 Å². The van der Waals surface area contributed by atoms with Gasteiger partial charge < -0.3 is 0 Å². The van der Waals surface area contributed by atoms with E-state index in [1.807, 2.05) is 0 Å². The smallest absolute Gasteiger partial charge is 0.288 e. The standard InChI is InChI=1S/C9H13F3IN3O4S/c1-6(21(2,20)14-16(19)13-17)7-3-4-8(9(10,11)12)15(18)5-7/h3-4,6,18-19H,5H2,1-2H3. The van der Waals surface area contributed by atoms with Crippen molar-refractivity contribution in [1.82, 2.24) is 8.45 Å². The van der Waals surface area contributed by atoms with E-state index in [0.717, 1.165) is 6.08 Å². The molecule has 7 nitrogen and oxygen atoms in total. The van der Waals surface area contributed by atoms with E-state index in [9.17, 15) is 25.7 Å². The summed E-state index contributed by atoms with van der Waals surface area (Å²) in [5.74, 6) is 0. The summed E-state index contributed by atoms with van der Waals surface area (Å²) >= 11 is -2.04. The van der Waals surface area contributed by atoms with Crippen LogP contribution in [0.4, 0.5) is 13.2 Å². The molecular weight excluding hydrogens is 430 g/mol. The zero-order chi connectivity index (χ0) is 16.4. The molecule has 1 rings (SSSR count). The monoisotopic (exact) mass is 443 g/mol. The fraction of sp³-hybridized carbons (Fsp3) is 0.556. The van der Waals surface area contributed by atoms with Gasteiger partial charge in [-0.1, -0.05) is 6.08 Å². The minimum atomic E-state index is -4.70. The average molecular weight is 443 g/mol. The van der Waals surface area contributed by atoms with E-state index >= 15 is 0 Å². The Bertz CT molecular complexity index is 598. The van der Waals surface area contributed by atoms with Crippen molar-refractivity contribution in [2.45, 2.75) is 18.3 Å². The number of rotatable bonds is 4. The summed E-state index contributed by atoms with van der Waals surface area (Å²) in [6.45, 7) is 0.930. The molecule has 0 aromatic rings. The number of alkyl halides is 3. The summed E-state index contributed by atoms with van der Waals surface area (Å²) in [6.07, 6.45) is -1.76. The summed E-state index contributed by atoms with van der Waals surface area (Å²) in [5, 5.41) is 17.6. The average Bonchev–Trinajstić information content (AvgIpc) is 2.35. The molecule has 0 bridgehead atoms. The van der Waals surface area contributed by atoms with Gasteiger partial charge in [-0.25, -0.2) is 12.3 Å². The Kier molecular flexibility index (Phi) is 5.88. The first kappa shape index (κ1) is 18.5. The summed E-state index contributed by atoms with van der Waals surface area (Å²) in [6, 6.07) is 0. The van der Waals surface area contributed by atoms with E-state index in [1.54, 1.807) is 0 Å². The van der Waals surface area contributed by atoms with Crippen molar-refractivity contribution >= 4 is 31.2 Å². The molecule has 0 aromatic carbocycles. The summed E-state index contributed by atoms with van der Waals surface area (Å²) in [7, 11) is -3.09. The second kappa shape index (κ2) is 6.68. The van der Waals surface area contributed by atoms with Crippen molar-refractivity contribution < 1.29 is 30.9 Å². The Morgan fingerprint density at radius 2 is 2.10 bits per heavy atom. The van der Waals surface area contributed by atoms with E-state index in [-0.39, 0.29) is 14.0 Å². The molecule has 0 aromatic heterocycles. The molecule has 2 unspecified atom stereocenters. The third kappa shape index (κ3) is 4.70. The third-order valence-electron chi connectivity index (χ3n) is 2.83. The predicted octanol–water partition coefficient (Wildman–Crippen LogP) is 2.39. The van der Waals surface area contributed by atoms with Crippen LogP contribution in [-0.4, -0.2) is 47.3 Å². The molecule has 1 heterocycles. The fourth-order valence-electron chi connectivity index (χ4n) is 1.59. The first-order valence-corrected chi connectivity index (χ1v) is 9.24. The maximum Gasteiger partial charge on any atom is 0.433 e. The van der Waals surface area contributed by atoms with Gasteiger partial charge in [0.2, 0.25) is 0 Å². The second-order valence-corrected chi connectivity index (χ2v) is 8.09. The van der Waals surface area contributed by atoms with Crippen LogP contribution in [0.2, 0.25) is 0 Å². The zero-order valence-electron chi connectivity index (χ0n) is 10.9. The van der Waals surface area contributed by atoms with E-state index in [4.69, 9.17) is 5.21 Å². The molecule has 0 saturated carbocycles. The Balaban J connectivity index is 3.11. The van der Waals surface area contributed by atoms with Gasteiger partial charge in [0.1, 0.15) is 5.70 Å². The van der Waals surface area contributed by atoms with Gasteiger partial charge in [0.05, 0.1) is 21.5 Å². The number of hydroxylamine groups is 2. The molecule has 0 fully saturated rings. The van der Waals surface area contributed by atoms with Crippen molar-refractivity contribution in [2.75, 3.05) is 12.8 Å². The molecule has 1 aliphatic rings. The van der Waals surface area contributed by atoms with Crippen molar-refractivity contribution in [3.8, 4) is 0 Å². The van der Waals surface area contributed by atoms with Gasteiger partial charge in [-0.05, 0) is 18.6 Å². The van der Waals surface area contributed by atoms with Crippen molar-refractivity contribution in [2.24, 2.45) is 4.47 Å². The van der Waals surface area contributed by atoms with Crippen LogP contribution in [0.5, 0.6) is 0 Å². The first-order chi connectivity index (χ1) is 9.49. The van der Waals surface area contributed by atoms with Crippen LogP contribution in [0, 0.1) is 0 Å². The Hall–Kier alpha value is -0.570. The van der Waals surface area contributed by atoms with Crippen LogP contribution in [-0.2, 0) is 12.8 Å². The molecule has 0 radical (unpaired) electrons. The molecule has 0 saturated heterocycles. The summed E-state index contributed by atoms with van der Waals surface area (Å²) < 4.78 is 63.8. The van der Waals surface area contributed by atoms with E-state index in [2.05, 4.69) is 4.47 Å². The third-order valence-corrected chi connectivity index (χ3v) is 5.78. The lowest BCUT2D eigenvalue weighted by Crippen LogP contribution is -2.36. The van der Waals surface area contributed by atoms with E-state index < -0.39 is 54.9 Å². The minimum Gasteiger partial charge on any atom is -0.288 e. The molecule has 2 N–H and O–H groups in total. The van der Waals surface area contributed by atoms with Crippen LogP contribution in [0.3, 0.4) is 0 Å². The SMILES string of the molecule is CC(C1=CC=C(C(F)(F)F)N(O)C1)S(C)(=O)=NN(O)I=O. The Morgan fingerprint density at radius 3 is 2.52 bits per heavy atom. The highest BCUT2D eigenvalue weighted by Crippen LogP contribution is 2.31. The predicted molar refractivity (Wildman–Crippen MR) is 75.0 cm³/mol. The lowest BCUT2D eigenvalue weighted by Gasteiger charge is -2.28. The van der Waals surface area contributed by atoms with Crippen molar-refractivity contribution in [1.29, 1.82) is 0 Å². The van der Waals surface area contributed by atoms with Crippen LogP contribution in [0.1, 0.15) is 6.92 Å². The van der Waals surface area contributed by atoms with Gasteiger partial charge in [-0.15, -0.1) is 4.47 Å². The molecule has 0 aliphatic carbocycles. The first-order valence-electron chi connectivity index (χ1n) is 5.40. The number of hydrogen-bond donors (Lipinski definition) is 2. The number of nitrogens with zero attached hydrogens (tertiary/aromatic N) is 3. The quantitative estimate of drug-likeness (QED) is 0.394. The Morgan fingerprint density at radius 1 is 1.52 bits per heavy atom. The number of allylic oxidation sites excluding steroid dienone is 3. The minimum absolute atomic E-state index is 0.0125. The van der Waals surface area contributed by atoms with Crippen LogP contribution >= 0.6 is 21.5 Å². The van der Waals surface area contributed by atoms with Gasteiger partial charge in [-0.3, -0.25) is 10.4 Å². The summed E-state index contributed by atoms with van der Waals surface area (Å²) in [5.41, 5.74) is -0.994. The molecule has 21 heavy (non-hydrogen) atoms. The molecule has 0 spiro atoms. The molecule has 1 aliphatic heterocycles. The molecule has 122 valence electrons. The lowest BCUT2D eigenvalue weighted by atomic mass is 10.1. The topological polar surface area (TPSA) is 93.4 Å². The van der Waals surface area contributed by atoms with E-state index in [1.165, 1.54) is 13.2 Å². The van der Waals surface area contributed by atoms with Gasteiger partial charge in [0.25, 0.3) is 21.5 Å². The Labute approximate surface area is 129 Å². The zero-order valence-corrected chi connectivity index (χ0v) is 13.9. The summed E-state index contributed by atoms with van der Waals surface area (Å²) in [4.78, 5) is 0. The van der Waals surface area contributed by atoms with Crippen molar-refractivity contribution in [3.63, 3.8) is 0 Å². The number of halogens is 4. The van der Waals surface area contributed by atoms with Crippen LogP contribution in [0.15, 0.2) is 27.9 Å². The molecule has 12 heteroatoms. The van der Waals surface area contributed by atoms with E-state index in [0.29, 0.717) is 6.08 Å². The molecular formula is C9H13F3IN3O4S. The van der Waals surface area contributed by atoms with Gasteiger partial charge in [0, 0.05) is 9.64 Å². The highest BCUT2D eigenvalue weighted by Gasteiger charge is 2.39. The highest BCUT2D eigenvalue weighted by molar-refractivity contribution is 14.1. The largest absolute Gasteiger partial charge is 0.433 e. The lowest BCUT2D eigenvalue weighted by molar-refractivity contribution is -0.162. The van der Waals surface area contributed by atoms with Crippen molar-refractivity contribution in [3.05, 3.63) is 23.4 Å². The fourth-order valence-corrected chi connectivity index (χ4v) is 4.00. The second-order valence-electron chi connectivity index (χ2n) is 4.24. The molecule has 0 amide bonds. The number of hydrogen-bond acceptors (Lipinski definition) is 6.